The number of nitrogens with zero attached hydrogens (tertiary/aromatic N) is 1. The lowest BCUT2D eigenvalue weighted by Crippen LogP contribution is -2.05. The first-order valence-electron chi connectivity index (χ1n) is 4.07. The lowest BCUT2D eigenvalue weighted by Gasteiger charge is -2.10. The van der Waals surface area contributed by atoms with Gasteiger partial charge in [-0.05, 0) is 46.6 Å². The van der Waals surface area contributed by atoms with Gasteiger partial charge in [0.1, 0.15) is 5.75 Å². The molecule has 0 aliphatic carbocycles. The van der Waals surface area contributed by atoms with Crippen LogP contribution in [0.2, 0.25) is 0 Å². The van der Waals surface area contributed by atoms with E-state index in [0.717, 1.165) is 12.2 Å². The van der Waals surface area contributed by atoms with Gasteiger partial charge in [0.2, 0.25) is 0 Å². The summed E-state index contributed by atoms with van der Waals surface area (Å²) >= 11 is 3.36. The van der Waals surface area contributed by atoms with E-state index in [-0.39, 0.29) is 5.01 Å². The van der Waals surface area contributed by atoms with E-state index < -0.39 is 0 Å². The predicted octanol–water partition coefficient (Wildman–Crippen LogP) is 3.07. The van der Waals surface area contributed by atoms with Gasteiger partial charge in [0, 0.05) is 0 Å². The van der Waals surface area contributed by atoms with Crippen LogP contribution in [0.1, 0.15) is 18.9 Å². The molecule has 0 bridgehead atoms. The van der Waals surface area contributed by atoms with E-state index >= 15 is 0 Å². The van der Waals surface area contributed by atoms with Crippen molar-refractivity contribution >= 4 is 15.9 Å². The fourth-order valence-electron chi connectivity index (χ4n) is 0.839. The van der Waals surface area contributed by atoms with E-state index in [1.165, 1.54) is 0 Å². The molecule has 2 nitrogen and oxygen atoms in total. The summed E-state index contributed by atoms with van der Waals surface area (Å²) in [7, 11) is 0. The smallest absolute Gasteiger partial charge is 0.153 e. The van der Waals surface area contributed by atoms with Crippen LogP contribution in [0.5, 0.6) is 5.75 Å². The third-order valence-electron chi connectivity index (χ3n) is 1.57. The maximum absolute atomic E-state index is 8.56. The van der Waals surface area contributed by atoms with Gasteiger partial charge in [-0.15, -0.1) is 0 Å². The fourth-order valence-corrected chi connectivity index (χ4v) is 1.05. The first kappa shape index (κ1) is 10.1. The van der Waals surface area contributed by atoms with Gasteiger partial charge < -0.3 is 4.74 Å². The van der Waals surface area contributed by atoms with Crippen LogP contribution < -0.4 is 4.74 Å². The Morgan fingerprint density at radius 2 is 2.08 bits per heavy atom. The van der Waals surface area contributed by atoms with Crippen molar-refractivity contribution in [3.63, 3.8) is 0 Å². The summed E-state index contributed by atoms with van der Waals surface area (Å²) < 4.78 is 5.47. The summed E-state index contributed by atoms with van der Waals surface area (Å²) in [4.78, 5) is 0. The van der Waals surface area contributed by atoms with Crippen molar-refractivity contribution in [2.45, 2.75) is 18.4 Å². The molecule has 68 valence electrons. The molecule has 0 saturated heterocycles. The number of rotatable bonds is 3. The Balaban J connectivity index is 2.65. The van der Waals surface area contributed by atoms with Crippen LogP contribution in [0.25, 0.3) is 0 Å². The number of hydrogen-bond acceptors (Lipinski definition) is 2. The minimum absolute atomic E-state index is 0.0421. The van der Waals surface area contributed by atoms with Gasteiger partial charge in [0.15, 0.2) is 5.01 Å². The highest BCUT2D eigenvalue weighted by atomic mass is 79.9. The Morgan fingerprint density at radius 1 is 1.46 bits per heavy atom. The number of alkyl halides is 1. The summed E-state index contributed by atoms with van der Waals surface area (Å²) in [5, 5.41) is 8.60. The minimum atomic E-state index is 0.0421. The van der Waals surface area contributed by atoms with Crippen molar-refractivity contribution in [3.05, 3.63) is 29.8 Å². The largest absolute Gasteiger partial charge is 0.479 e. The van der Waals surface area contributed by atoms with E-state index in [1.54, 1.807) is 24.3 Å². The third-order valence-corrected chi connectivity index (χ3v) is 2.40. The molecule has 0 N–H and O–H groups in total. The Morgan fingerprint density at radius 3 is 2.54 bits per heavy atom. The van der Waals surface area contributed by atoms with Gasteiger partial charge in [0.05, 0.1) is 11.6 Å². The molecular weight excluding hydrogens is 230 g/mol. The molecule has 1 aromatic carbocycles. The van der Waals surface area contributed by atoms with Gasteiger partial charge in [-0.2, -0.15) is 5.26 Å². The van der Waals surface area contributed by atoms with Crippen molar-refractivity contribution in [2.24, 2.45) is 0 Å². The van der Waals surface area contributed by atoms with Gasteiger partial charge in [0.25, 0.3) is 0 Å². The van der Waals surface area contributed by atoms with Gasteiger partial charge >= 0.3 is 0 Å². The second kappa shape index (κ2) is 4.88. The lowest BCUT2D eigenvalue weighted by molar-refractivity contribution is 0.290. The van der Waals surface area contributed by atoms with Gasteiger partial charge in [-0.1, -0.05) is 6.92 Å². The van der Waals surface area contributed by atoms with Crippen LogP contribution in [0.4, 0.5) is 0 Å². The molecule has 0 spiro atoms. The summed E-state index contributed by atoms with van der Waals surface area (Å²) in [6.45, 7) is 2.03. The average Bonchev–Trinajstić information content (AvgIpc) is 2.19. The molecule has 0 amide bonds. The Hall–Kier alpha value is -1.01. The quantitative estimate of drug-likeness (QED) is 0.760. The number of benzene rings is 1. The van der Waals surface area contributed by atoms with Crippen LogP contribution >= 0.6 is 15.9 Å². The SMILES string of the molecule is CCC(Br)Oc1ccc(C#N)cc1. The van der Waals surface area contributed by atoms with Crippen LogP contribution in [0, 0.1) is 11.3 Å². The van der Waals surface area contributed by atoms with Crippen molar-refractivity contribution in [2.75, 3.05) is 0 Å². The molecule has 1 rings (SSSR count). The average molecular weight is 240 g/mol. The monoisotopic (exact) mass is 239 g/mol. The van der Waals surface area contributed by atoms with E-state index in [9.17, 15) is 0 Å². The summed E-state index contributed by atoms with van der Waals surface area (Å²) in [5.41, 5.74) is 0.648. The highest BCUT2D eigenvalue weighted by molar-refractivity contribution is 9.09. The van der Waals surface area contributed by atoms with Crippen LogP contribution in [-0.2, 0) is 0 Å². The maximum Gasteiger partial charge on any atom is 0.153 e. The summed E-state index contributed by atoms with van der Waals surface area (Å²) in [6.07, 6.45) is 0.903. The van der Waals surface area contributed by atoms with E-state index in [4.69, 9.17) is 10.00 Å². The molecule has 1 atom stereocenters. The number of nitriles is 1. The molecule has 13 heavy (non-hydrogen) atoms. The second-order valence-corrected chi connectivity index (χ2v) is 3.59. The molecule has 0 heterocycles. The topological polar surface area (TPSA) is 33.0 Å². The number of hydrogen-bond donors (Lipinski definition) is 0. The molecule has 1 aromatic rings. The minimum Gasteiger partial charge on any atom is -0.479 e. The highest BCUT2D eigenvalue weighted by Gasteiger charge is 2.01. The Bertz CT molecular complexity index is 302. The zero-order valence-electron chi connectivity index (χ0n) is 7.33. The molecular formula is C10H10BrNO. The Kier molecular flexibility index (Phi) is 3.78. The Labute approximate surface area is 86.3 Å². The highest BCUT2D eigenvalue weighted by Crippen LogP contribution is 2.16. The molecule has 0 fully saturated rings. The normalized spacial score (nSPS) is 11.8. The fraction of sp³-hybridized carbons (Fsp3) is 0.300. The van der Waals surface area contributed by atoms with Crippen LogP contribution in [-0.4, -0.2) is 5.01 Å². The molecule has 0 aliphatic heterocycles. The molecule has 0 aliphatic rings. The van der Waals surface area contributed by atoms with Crippen molar-refractivity contribution < 1.29 is 4.74 Å². The second-order valence-electron chi connectivity index (χ2n) is 2.57. The maximum atomic E-state index is 8.56. The first-order valence-corrected chi connectivity index (χ1v) is 4.98. The van der Waals surface area contributed by atoms with Crippen molar-refractivity contribution in [3.8, 4) is 11.8 Å². The standard InChI is InChI=1S/C10H10BrNO/c1-2-10(11)13-9-5-3-8(7-12)4-6-9/h3-6,10H,2H2,1H3. The summed E-state index contributed by atoms with van der Waals surface area (Å²) in [6, 6.07) is 9.12. The van der Waals surface area contributed by atoms with Crippen molar-refractivity contribution in [1.82, 2.24) is 0 Å². The molecule has 0 aromatic heterocycles. The number of ether oxygens (including phenoxy) is 1. The first-order chi connectivity index (χ1) is 6.26. The number of halogens is 1. The van der Waals surface area contributed by atoms with E-state index in [2.05, 4.69) is 22.0 Å². The lowest BCUT2D eigenvalue weighted by atomic mass is 10.2. The molecule has 0 radical (unpaired) electrons. The zero-order valence-corrected chi connectivity index (χ0v) is 8.91. The van der Waals surface area contributed by atoms with E-state index in [0.29, 0.717) is 5.56 Å². The van der Waals surface area contributed by atoms with Gasteiger partial charge in [-0.3, -0.25) is 0 Å². The van der Waals surface area contributed by atoms with E-state index in [1.807, 2.05) is 6.92 Å². The summed E-state index contributed by atoms with van der Waals surface area (Å²) in [5.74, 6) is 0.780. The van der Waals surface area contributed by atoms with Gasteiger partial charge in [-0.25, -0.2) is 0 Å². The molecule has 0 saturated carbocycles. The molecule has 3 heteroatoms. The predicted molar refractivity (Wildman–Crippen MR) is 54.8 cm³/mol. The van der Waals surface area contributed by atoms with Crippen LogP contribution in [0.15, 0.2) is 24.3 Å². The molecule has 1 unspecified atom stereocenters. The van der Waals surface area contributed by atoms with Crippen LogP contribution in [0.3, 0.4) is 0 Å². The van der Waals surface area contributed by atoms with Crippen molar-refractivity contribution in [1.29, 1.82) is 5.26 Å². The zero-order chi connectivity index (χ0) is 9.68. The third kappa shape index (κ3) is 3.08.